The highest BCUT2D eigenvalue weighted by Gasteiger charge is 2.30. The van der Waals surface area contributed by atoms with Crippen LogP contribution in [0.5, 0.6) is 0 Å². The van der Waals surface area contributed by atoms with E-state index in [9.17, 15) is 23.2 Å². The minimum atomic E-state index is -4.41. The molecule has 158 valence electrons. The summed E-state index contributed by atoms with van der Waals surface area (Å²) < 4.78 is 43.6. The van der Waals surface area contributed by atoms with E-state index >= 15 is 0 Å². The molecule has 0 fully saturated rings. The Balaban J connectivity index is 1.92. The maximum Gasteiger partial charge on any atom is 0.416 e. The van der Waals surface area contributed by atoms with E-state index in [2.05, 4.69) is 10.2 Å². The molecule has 0 saturated heterocycles. The minimum absolute atomic E-state index is 0.0607. The van der Waals surface area contributed by atoms with Gasteiger partial charge in [-0.05, 0) is 47.9 Å². The molecule has 0 unspecified atom stereocenters. The molecule has 1 aromatic heterocycles. The van der Waals surface area contributed by atoms with Gasteiger partial charge in [-0.25, -0.2) is 0 Å². The molecular formula is C22H17F3N4O2. The van der Waals surface area contributed by atoms with Gasteiger partial charge in [-0.3, -0.25) is 4.79 Å². The molecule has 1 heterocycles. The van der Waals surface area contributed by atoms with Gasteiger partial charge < -0.3 is 4.74 Å². The molecule has 3 aromatic rings. The van der Waals surface area contributed by atoms with Gasteiger partial charge in [-0.15, -0.1) is 15.0 Å². The van der Waals surface area contributed by atoms with Crippen LogP contribution in [0, 0.1) is 18.3 Å². The molecule has 2 aromatic carbocycles. The van der Waals surface area contributed by atoms with Gasteiger partial charge in [0.1, 0.15) is 11.8 Å². The number of aryl methyl sites for hydroxylation is 1. The Morgan fingerprint density at radius 2 is 1.90 bits per heavy atom. The Morgan fingerprint density at radius 1 is 1.16 bits per heavy atom. The highest BCUT2D eigenvalue weighted by molar-refractivity contribution is 5.74. The van der Waals surface area contributed by atoms with Crippen LogP contribution in [0.4, 0.5) is 13.2 Å². The lowest BCUT2D eigenvalue weighted by Gasteiger charge is -2.07. The number of rotatable bonds is 5. The SMILES string of the molecule is CC(=O)OCn1nc(C#N)c(-c2cc(C)cc(/C=C/c3cccc(C(F)(F)F)c3)c2)n1. The Bertz CT molecular complexity index is 1190. The highest BCUT2D eigenvalue weighted by atomic mass is 19.4. The van der Waals surface area contributed by atoms with E-state index in [4.69, 9.17) is 4.74 Å². The van der Waals surface area contributed by atoms with Gasteiger partial charge in [0.2, 0.25) is 6.73 Å². The van der Waals surface area contributed by atoms with Crippen molar-refractivity contribution in [2.24, 2.45) is 0 Å². The summed E-state index contributed by atoms with van der Waals surface area (Å²) in [5, 5.41) is 17.6. The normalized spacial score (nSPS) is 11.5. The van der Waals surface area contributed by atoms with Crippen molar-refractivity contribution in [3.05, 3.63) is 70.4 Å². The Kier molecular flexibility index (Phi) is 6.20. The molecule has 3 rings (SSSR count). The van der Waals surface area contributed by atoms with Crippen LogP contribution in [0.15, 0.2) is 42.5 Å². The number of aromatic nitrogens is 3. The third-order valence-corrected chi connectivity index (χ3v) is 4.20. The van der Waals surface area contributed by atoms with Crippen molar-refractivity contribution in [1.82, 2.24) is 15.0 Å². The molecule has 6 nitrogen and oxygen atoms in total. The zero-order valence-electron chi connectivity index (χ0n) is 16.6. The van der Waals surface area contributed by atoms with Crippen LogP contribution in [0.2, 0.25) is 0 Å². The van der Waals surface area contributed by atoms with Gasteiger partial charge in [0.05, 0.1) is 5.56 Å². The summed E-state index contributed by atoms with van der Waals surface area (Å²) in [5.74, 6) is -0.505. The number of carbonyl (C=O) groups excluding carboxylic acids is 1. The summed E-state index contributed by atoms with van der Waals surface area (Å²) in [6.07, 6.45) is -1.15. The number of alkyl halides is 3. The fraction of sp³-hybridized carbons (Fsp3) is 0.182. The molecule has 9 heteroatoms. The van der Waals surface area contributed by atoms with Crippen molar-refractivity contribution in [3.63, 3.8) is 0 Å². The van der Waals surface area contributed by atoms with Gasteiger partial charge in [-0.1, -0.05) is 30.4 Å². The molecule has 0 saturated carbocycles. The second kappa shape index (κ2) is 8.83. The van der Waals surface area contributed by atoms with Gasteiger partial charge in [0.15, 0.2) is 5.69 Å². The first-order chi connectivity index (χ1) is 14.7. The Morgan fingerprint density at radius 3 is 2.58 bits per heavy atom. The predicted octanol–water partition coefficient (Wildman–Crippen LogP) is 4.84. The molecule has 0 aliphatic carbocycles. The largest absolute Gasteiger partial charge is 0.441 e. The number of ether oxygens (including phenoxy) is 1. The quantitative estimate of drug-likeness (QED) is 0.431. The Hall–Kier alpha value is -3.93. The standard InChI is InChI=1S/C22H17F3N4O2/c1-14-8-17(7-6-16-4-3-5-19(11-16)22(23,24)25)10-18(9-14)21-20(12-26)27-29(28-21)13-31-15(2)30/h3-11H,13H2,1-2H3/b7-6+. The van der Waals surface area contributed by atoms with Gasteiger partial charge in [-0.2, -0.15) is 18.4 Å². The second-order valence-electron chi connectivity index (χ2n) is 6.74. The van der Waals surface area contributed by atoms with Crippen LogP contribution >= 0.6 is 0 Å². The van der Waals surface area contributed by atoms with E-state index in [-0.39, 0.29) is 12.4 Å². The van der Waals surface area contributed by atoms with Crippen molar-refractivity contribution in [2.75, 3.05) is 0 Å². The van der Waals surface area contributed by atoms with Crippen LogP contribution < -0.4 is 0 Å². The Labute approximate surface area is 176 Å². The zero-order valence-corrected chi connectivity index (χ0v) is 16.6. The van der Waals surface area contributed by atoms with E-state index in [1.54, 1.807) is 24.3 Å². The molecule has 0 atom stereocenters. The second-order valence-corrected chi connectivity index (χ2v) is 6.74. The number of hydrogen-bond donors (Lipinski definition) is 0. The number of nitrogens with zero attached hydrogens (tertiary/aromatic N) is 4. The van der Waals surface area contributed by atoms with Gasteiger partial charge in [0.25, 0.3) is 0 Å². The number of halogens is 3. The summed E-state index contributed by atoms with van der Waals surface area (Å²) in [6, 6.07) is 12.4. The van der Waals surface area contributed by atoms with E-state index in [0.717, 1.165) is 22.5 Å². The third-order valence-electron chi connectivity index (χ3n) is 4.20. The monoisotopic (exact) mass is 426 g/mol. The maximum absolute atomic E-state index is 12.9. The van der Waals surface area contributed by atoms with Gasteiger partial charge in [0, 0.05) is 12.5 Å². The highest BCUT2D eigenvalue weighted by Crippen LogP contribution is 2.30. The first kappa shape index (κ1) is 21.8. The van der Waals surface area contributed by atoms with Crippen molar-refractivity contribution in [2.45, 2.75) is 26.8 Å². The van der Waals surface area contributed by atoms with E-state index in [0.29, 0.717) is 22.4 Å². The van der Waals surface area contributed by atoms with E-state index in [1.165, 1.54) is 13.0 Å². The third kappa shape index (κ3) is 5.57. The smallest absolute Gasteiger partial charge is 0.416 e. The van der Waals surface area contributed by atoms with Crippen LogP contribution in [0.1, 0.15) is 34.9 Å². The number of nitriles is 1. The van der Waals surface area contributed by atoms with Crippen LogP contribution in [-0.2, 0) is 22.4 Å². The molecule has 0 bridgehead atoms. The molecular weight excluding hydrogens is 409 g/mol. The summed E-state index contributed by atoms with van der Waals surface area (Å²) in [5.41, 5.74) is 2.24. The summed E-state index contributed by atoms with van der Waals surface area (Å²) >= 11 is 0. The molecule has 0 aliphatic heterocycles. The topological polar surface area (TPSA) is 80.8 Å². The average molecular weight is 426 g/mol. The van der Waals surface area contributed by atoms with Crippen LogP contribution in [-0.4, -0.2) is 21.0 Å². The fourth-order valence-corrected chi connectivity index (χ4v) is 2.88. The first-order valence-electron chi connectivity index (χ1n) is 9.12. The maximum atomic E-state index is 12.9. The molecule has 0 spiro atoms. The summed E-state index contributed by atoms with van der Waals surface area (Å²) in [7, 11) is 0. The number of benzene rings is 2. The lowest BCUT2D eigenvalue weighted by atomic mass is 10.0. The lowest BCUT2D eigenvalue weighted by molar-refractivity contribution is -0.145. The molecule has 0 N–H and O–H groups in total. The number of esters is 1. The van der Waals surface area contributed by atoms with Crippen LogP contribution in [0.3, 0.4) is 0 Å². The lowest BCUT2D eigenvalue weighted by Crippen LogP contribution is -2.09. The van der Waals surface area contributed by atoms with Crippen molar-refractivity contribution >= 4 is 18.1 Å². The first-order valence-corrected chi connectivity index (χ1v) is 9.12. The van der Waals surface area contributed by atoms with E-state index in [1.807, 2.05) is 25.1 Å². The van der Waals surface area contributed by atoms with Gasteiger partial charge >= 0.3 is 12.1 Å². The zero-order chi connectivity index (χ0) is 22.6. The molecule has 0 radical (unpaired) electrons. The summed E-state index contributed by atoms with van der Waals surface area (Å²) in [4.78, 5) is 12.1. The fourth-order valence-electron chi connectivity index (χ4n) is 2.88. The van der Waals surface area contributed by atoms with Crippen molar-refractivity contribution < 1.29 is 22.7 Å². The molecule has 0 aliphatic rings. The number of hydrogen-bond acceptors (Lipinski definition) is 5. The van der Waals surface area contributed by atoms with Crippen LogP contribution in [0.25, 0.3) is 23.4 Å². The predicted molar refractivity (Wildman–Crippen MR) is 107 cm³/mol. The average Bonchev–Trinajstić information content (AvgIpc) is 3.13. The minimum Gasteiger partial charge on any atom is -0.441 e. The van der Waals surface area contributed by atoms with Crippen molar-refractivity contribution in [3.8, 4) is 17.3 Å². The molecule has 0 amide bonds. The van der Waals surface area contributed by atoms with Crippen molar-refractivity contribution in [1.29, 1.82) is 5.26 Å². The number of carbonyl (C=O) groups is 1. The summed E-state index contributed by atoms with van der Waals surface area (Å²) in [6.45, 7) is 2.87. The molecule has 31 heavy (non-hydrogen) atoms. The van der Waals surface area contributed by atoms with E-state index < -0.39 is 17.7 Å².